The van der Waals surface area contributed by atoms with Gasteiger partial charge >= 0.3 is 11.9 Å². The van der Waals surface area contributed by atoms with E-state index in [1.807, 2.05) is 61.0 Å². The SMILES string of the molecule is CCCCCC(C)(C)c1cc(CC(=O)OC(COc2ccc(C(C)(C)c3ccc(OCC(CSC)OC(=O)Cc4cc(C(C)(C)CCCCC)c(O)c(C(C)(C)CCCCC)c4)cc3)cc2)CSC)cc(C(C)(C)CCCCC)c1O. The molecule has 81 heavy (non-hydrogen) atoms. The minimum atomic E-state index is -0.442. The van der Waals surface area contributed by atoms with E-state index in [4.69, 9.17) is 18.9 Å². The average Bonchev–Trinajstić information content (AvgIpc) is 3.43. The highest BCUT2D eigenvalue weighted by Crippen LogP contribution is 2.46. The number of aromatic hydroxyl groups is 2. The molecule has 0 saturated carbocycles. The summed E-state index contributed by atoms with van der Waals surface area (Å²) in [4.78, 5) is 27.6. The third kappa shape index (κ3) is 21.1. The number of esters is 2. The van der Waals surface area contributed by atoms with Gasteiger partial charge in [-0.25, -0.2) is 0 Å². The molecule has 0 aromatic heterocycles. The molecule has 8 nitrogen and oxygen atoms in total. The van der Waals surface area contributed by atoms with E-state index in [9.17, 15) is 19.8 Å². The van der Waals surface area contributed by atoms with Crippen LogP contribution in [-0.4, -0.2) is 71.6 Å². The number of benzene rings is 4. The van der Waals surface area contributed by atoms with Gasteiger partial charge in [-0.3, -0.25) is 9.59 Å². The van der Waals surface area contributed by atoms with Gasteiger partial charge in [0.05, 0.1) is 12.8 Å². The quantitative estimate of drug-likeness (QED) is 0.0332. The number of phenols is 2. The number of ether oxygens (including phenoxy) is 4. The van der Waals surface area contributed by atoms with Crippen molar-refractivity contribution in [3.8, 4) is 23.0 Å². The molecule has 0 spiro atoms. The van der Waals surface area contributed by atoms with Crippen molar-refractivity contribution < 1.29 is 38.7 Å². The van der Waals surface area contributed by atoms with E-state index in [1.54, 1.807) is 23.5 Å². The summed E-state index contributed by atoms with van der Waals surface area (Å²) in [5, 5.41) is 23.7. The van der Waals surface area contributed by atoms with Crippen molar-refractivity contribution in [2.45, 2.75) is 252 Å². The molecule has 2 unspecified atom stereocenters. The Kier molecular flexibility index (Phi) is 27.9. The summed E-state index contributed by atoms with van der Waals surface area (Å²) in [6.07, 6.45) is 20.6. The van der Waals surface area contributed by atoms with E-state index in [2.05, 4.69) is 121 Å². The number of phenolic OH excluding ortho intramolecular Hbond substituents is 2. The summed E-state index contributed by atoms with van der Waals surface area (Å²) in [5.74, 6) is 2.73. The monoisotopic (exact) mass is 1150 g/mol. The molecule has 452 valence electrons. The van der Waals surface area contributed by atoms with Crippen LogP contribution in [0.15, 0.2) is 72.8 Å². The zero-order chi connectivity index (χ0) is 60.0. The number of carbonyl (C=O) groups is 2. The van der Waals surface area contributed by atoms with E-state index in [0.717, 1.165) is 147 Å². The largest absolute Gasteiger partial charge is 0.507 e. The fourth-order valence-electron chi connectivity index (χ4n) is 11.3. The molecule has 0 radical (unpaired) electrons. The van der Waals surface area contributed by atoms with Crippen LogP contribution in [0.3, 0.4) is 0 Å². The highest BCUT2D eigenvalue weighted by molar-refractivity contribution is 7.98. The first-order chi connectivity index (χ1) is 38.3. The summed E-state index contributed by atoms with van der Waals surface area (Å²) in [7, 11) is 0. The van der Waals surface area contributed by atoms with Gasteiger partial charge in [-0.1, -0.05) is 223 Å². The van der Waals surface area contributed by atoms with Gasteiger partial charge in [0.15, 0.2) is 0 Å². The van der Waals surface area contributed by atoms with Crippen LogP contribution in [0.2, 0.25) is 0 Å². The second-order valence-corrected chi connectivity index (χ2v) is 28.0. The molecule has 0 aliphatic rings. The van der Waals surface area contributed by atoms with Crippen molar-refractivity contribution in [1.82, 2.24) is 0 Å². The molecule has 0 aliphatic carbocycles. The summed E-state index contributed by atoms with van der Waals surface area (Å²) in [6.45, 7) is 31.4. The first kappa shape index (κ1) is 69.2. The molecule has 0 heterocycles. The van der Waals surface area contributed by atoms with Crippen LogP contribution in [0.4, 0.5) is 0 Å². The molecule has 2 atom stereocenters. The fraction of sp³-hybridized carbons (Fsp3) is 0.634. The Bertz CT molecular complexity index is 2270. The van der Waals surface area contributed by atoms with Crippen molar-refractivity contribution in [2.75, 3.05) is 37.2 Å². The Labute approximate surface area is 500 Å². The third-order valence-corrected chi connectivity index (χ3v) is 18.3. The number of rotatable bonds is 38. The van der Waals surface area contributed by atoms with E-state index >= 15 is 0 Å². The van der Waals surface area contributed by atoms with Crippen LogP contribution in [0, 0.1) is 0 Å². The van der Waals surface area contributed by atoms with Gasteiger partial charge in [-0.05, 0) is 106 Å². The minimum Gasteiger partial charge on any atom is -0.507 e. The number of hydrogen-bond donors (Lipinski definition) is 2. The third-order valence-electron chi connectivity index (χ3n) is 16.9. The van der Waals surface area contributed by atoms with Gasteiger partial charge < -0.3 is 29.2 Å². The van der Waals surface area contributed by atoms with Gasteiger partial charge in [-0.15, -0.1) is 0 Å². The molecule has 4 rings (SSSR count). The number of unbranched alkanes of at least 4 members (excludes halogenated alkanes) is 8. The highest BCUT2D eigenvalue weighted by Gasteiger charge is 2.34. The Morgan fingerprint density at radius 1 is 0.444 bits per heavy atom. The Morgan fingerprint density at radius 3 is 0.963 bits per heavy atom. The predicted molar refractivity (Wildman–Crippen MR) is 345 cm³/mol. The van der Waals surface area contributed by atoms with E-state index in [0.29, 0.717) is 34.5 Å². The summed E-state index contributed by atoms with van der Waals surface area (Å²) >= 11 is 3.24. The lowest BCUT2D eigenvalue weighted by Gasteiger charge is -2.33. The van der Waals surface area contributed by atoms with E-state index < -0.39 is 12.2 Å². The summed E-state index contributed by atoms with van der Waals surface area (Å²) in [6, 6.07) is 24.4. The smallest absolute Gasteiger partial charge is 0.310 e. The maximum atomic E-state index is 13.8. The molecule has 4 aromatic rings. The standard InChI is InChI=1S/C71H108O8S2/c1-17-21-25-37-67(5,6)59-41-51(42-60(65(59)74)68(7,8)38-26-22-18-2)45-63(72)78-57(49-80-15)47-76-55-33-29-53(30-34-55)71(13,14)54-31-35-56(36-32-54)77-48-58(50-81-16)79-64(73)46-52-43-61(69(9,10)39-27-23-19-3)66(75)62(44-52)70(11,12)40-28-24-20-4/h29-36,41-44,57-58,74-75H,17-28,37-40,45-50H2,1-16H3. The zero-order valence-electron chi connectivity index (χ0n) is 53.3. The first-order valence-corrected chi connectivity index (χ1v) is 33.6. The lowest BCUT2D eigenvalue weighted by atomic mass is 9.73. The molecule has 10 heteroatoms. The molecule has 4 aromatic carbocycles. The fourth-order valence-corrected chi connectivity index (χ4v) is 12.4. The minimum absolute atomic E-state index is 0.118. The molecule has 0 bridgehead atoms. The number of hydrogen-bond acceptors (Lipinski definition) is 10. The topological polar surface area (TPSA) is 112 Å². The lowest BCUT2D eigenvalue weighted by Crippen LogP contribution is -2.28. The summed E-state index contributed by atoms with van der Waals surface area (Å²) < 4.78 is 24.9. The van der Waals surface area contributed by atoms with Crippen molar-refractivity contribution >= 4 is 35.5 Å². The molecule has 2 N–H and O–H groups in total. The number of carbonyl (C=O) groups excluding carboxylic acids is 2. The molecule has 0 saturated heterocycles. The van der Waals surface area contributed by atoms with Crippen LogP contribution in [0.25, 0.3) is 0 Å². The van der Waals surface area contributed by atoms with E-state index in [1.165, 1.54) is 0 Å². The zero-order valence-corrected chi connectivity index (χ0v) is 54.9. The van der Waals surface area contributed by atoms with E-state index in [-0.39, 0.29) is 65.1 Å². The lowest BCUT2D eigenvalue weighted by molar-refractivity contribution is -0.149. The first-order valence-electron chi connectivity index (χ1n) is 30.9. The van der Waals surface area contributed by atoms with Crippen molar-refractivity contribution in [3.05, 3.63) is 117 Å². The van der Waals surface area contributed by atoms with Crippen molar-refractivity contribution in [2.24, 2.45) is 0 Å². The molecular weight excluding hydrogens is 1040 g/mol. The highest BCUT2D eigenvalue weighted by atomic mass is 32.2. The molecular formula is C71H108O8S2. The van der Waals surface area contributed by atoms with Gasteiger partial charge in [0.2, 0.25) is 0 Å². The van der Waals surface area contributed by atoms with Crippen molar-refractivity contribution in [1.29, 1.82) is 0 Å². The molecule has 0 amide bonds. The maximum absolute atomic E-state index is 13.8. The second kappa shape index (κ2) is 32.7. The van der Waals surface area contributed by atoms with Crippen LogP contribution >= 0.6 is 23.5 Å². The molecule has 0 fully saturated rings. The van der Waals surface area contributed by atoms with Gasteiger partial charge in [-0.2, -0.15) is 23.5 Å². The average molecular weight is 1150 g/mol. The van der Waals surface area contributed by atoms with Gasteiger partial charge in [0.25, 0.3) is 0 Å². The normalized spacial score (nSPS) is 13.2. The van der Waals surface area contributed by atoms with Crippen LogP contribution < -0.4 is 9.47 Å². The Morgan fingerprint density at radius 2 is 0.716 bits per heavy atom. The number of thioether (sulfide) groups is 2. The maximum Gasteiger partial charge on any atom is 0.310 e. The Balaban J connectivity index is 1.40. The predicted octanol–water partition coefficient (Wildman–Crippen LogP) is 18.6. The second-order valence-electron chi connectivity index (χ2n) is 26.2. The summed E-state index contributed by atoms with van der Waals surface area (Å²) in [5.41, 5.74) is 6.28. The van der Waals surface area contributed by atoms with Gasteiger partial charge in [0.1, 0.15) is 48.4 Å². The van der Waals surface area contributed by atoms with Crippen LogP contribution in [0.1, 0.15) is 244 Å². The van der Waals surface area contributed by atoms with Crippen molar-refractivity contribution in [3.63, 3.8) is 0 Å². The molecule has 0 aliphatic heterocycles. The van der Waals surface area contributed by atoms with Crippen LogP contribution in [-0.2, 0) is 59.0 Å². The Hall–Kier alpha value is -4.28. The van der Waals surface area contributed by atoms with Crippen LogP contribution in [0.5, 0.6) is 23.0 Å². The van der Waals surface area contributed by atoms with Gasteiger partial charge in [0, 0.05) is 39.2 Å².